The average Bonchev–Trinajstić information content (AvgIpc) is 3.07. The SMILES string of the molecule is Cc1cccc(Cl)c1C=NNC(=O)Cc1csc(-c2ccccc2)n1. The number of halogens is 1. The van der Waals surface area contributed by atoms with Gasteiger partial charge in [-0.2, -0.15) is 5.10 Å². The average molecular weight is 370 g/mol. The van der Waals surface area contributed by atoms with E-state index < -0.39 is 0 Å². The fourth-order valence-electron chi connectivity index (χ4n) is 2.28. The zero-order valence-electron chi connectivity index (χ0n) is 13.6. The number of nitrogens with one attached hydrogen (secondary N) is 1. The second-order valence-electron chi connectivity index (χ2n) is 5.45. The molecule has 3 rings (SSSR count). The number of thiazole rings is 1. The first-order valence-electron chi connectivity index (χ1n) is 7.70. The molecule has 0 saturated carbocycles. The minimum absolute atomic E-state index is 0.183. The fraction of sp³-hybridized carbons (Fsp3) is 0.105. The molecule has 126 valence electrons. The number of amides is 1. The molecule has 3 aromatic rings. The Morgan fingerprint density at radius 1 is 1.24 bits per heavy atom. The van der Waals surface area contributed by atoms with Crippen LogP contribution in [0.5, 0.6) is 0 Å². The van der Waals surface area contributed by atoms with Gasteiger partial charge < -0.3 is 0 Å². The Labute approximate surface area is 155 Å². The molecule has 0 fully saturated rings. The molecule has 2 aromatic carbocycles. The Kier molecular flexibility index (Phi) is 5.58. The molecule has 0 bridgehead atoms. The van der Waals surface area contributed by atoms with E-state index in [1.165, 1.54) is 11.3 Å². The van der Waals surface area contributed by atoms with E-state index in [4.69, 9.17) is 11.6 Å². The number of aryl methyl sites for hydroxylation is 1. The molecule has 1 heterocycles. The number of carbonyl (C=O) groups is 1. The third kappa shape index (κ3) is 4.53. The van der Waals surface area contributed by atoms with Crippen LogP contribution in [0.2, 0.25) is 5.02 Å². The summed E-state index contributed by atoms with van der Waals surface area (Å²) in [7, 11) is 0. The Morgan fingerprint density at radius 3 is 2.80 bits per heavy atom. The van der Waals surface area contributed by atoms with Gasteiger partial charge in [-0.25, -0.2) is 10.4 Å². The lowest BCUT2D eigenvalue weighted by Crippen LogP contribution is -2.20. The zero-order valence-corrected chi connectivity index (χ0v) is 15.1. The third-order valence-electron chi connectivity index (χ3n) is 3.57. The van der Waals surface area contributed by atoms with Crippen LogP contribution < -0.4 is 5.43 Å². The smallest absolute Gasteiger partial charge is 0.246 e. The van der Waals surface area contributed by atoms with Gasteiger partial charge in [0.15, 0.2) is 0 Å². The lowest BCUT2D eigenvalue weighted by Gasteiger charge is -2.02. The largest absolute Gasteiger partial charge is 0.273 e. The van der Waals surface area contributed by atoms with E-state index in [2.05, 4.69) is 15.5 Å². The first kappa shape index (κ1) is 17.3. The summed E-state index contributed by atoms with van der Waals surface area (Å²) in [5.74, 6) is -0.217. The highest BCUT2D eigenvalue weighted by atomic mass is 35.5. The van der Waals surface area contributed by atoms with E-state index in [0.29, 0.717) is 5.02 Å². The molecule has 25 heavy (non-hydrogen) atoms. The summed E-state index contributed by atoms with van der Waals surface area (Å²) in [5.41, 5.74) is 6.09. The minimum atomic E-state index is -0.217. The van der Waals surface area contributed by atoms with E-state index in [9.17, 15) is 4.79 Å². The van der Waals surface area contributed by atoms with Crippen molar-refractivity contribution in [3.8, 4) is 10.6 Å². The topological polar surface area (TPSA) is 54.4 Å². The monoisotopic (exact) mass is 369 g/mol. The van der Waals surface area contributed by atoms with Crippen LogP contribution in [0.3, 0.4) is 0 Å². The number of aromatic nitrogens is 1. The fourth-order valence-corrected chi connectivity index (χ4v) is 3.38. The van der Waals surface area contributed by atoms with Gasteiger partial charge in [0.25, 0.3) is 0 Å². The van der Waals surface area contributed by atoms with Gasteiger partial charge >= 0.3 is 0 Å². The highest BCUT2D eigenvalue weighted by molar-refractivity contribution is 7.13. The van der Waals surface area contributed by atoms with Crippen LogP contribution in [-0.4, -0.2) is 17.1 Å². The Hall–Kier alpha value is -2.50. The van der Waals surface area contributed by atoms with Crippen LogP contribution in [0.1, 0.15) is 16.8 Å². The van der Waals surface area contributed by atoms with Crippen LogP contribution in [0.4, 0.5) is 0 Å². The molecule has 6 heteroatoms. The molecule has 1 N–H and O–H groups in total. The van der Waals surface area contributed by atoms with Gasteiger partial charge in [-0.05, 0) is 18.6 Å². The standard InChI is InChI=1S/C19H16ClN3OS/c1-13-6-5-9-17(20)16(13)11-21-23-18(24)10-15-12-25-19(22-15)14-7-3-2-4-8-14/h2-9,11-12H,10H2,1H3,(H,23,24). The van der Waals surface area contributed by atoms with Gasteiger partial charge in [-0.3, -0.25) is 4.79 Å². The van der Waals surface area contributed by atoms with Crippen LogP contribution in [0, 0.1) is 6.92 Å². The maximum atomic E-state index is 12.0. The molecule has 4 nitrogen and oxygen atoms in total. The molecule has 0 radical (unpaired) electrons. The maximum Gasteiger partial charge on any atom is 0.246 e. The van der Waals surface area contributed by atoms with Crippen LogP contribution in [0.15, 0.2) is 59.0 Å². The number of nitrogens with zero attached hydrogens (tertiary/aromatic N) is 2. The van der Waals surface area contributed by atoms with Gasteiger partial charge in [0.05, 0.1) is 18.3 Å². The summed E-state index contributed by atoms with van der Waals surface area (Å²) in [6, 6.07) is 15.5. The van der Waals surface area contributed by atoms with Gasteiger partial charge in [-0.15, -0.1) is 11.3 Å². The summed E-state index contributed by atoms with van der Waals surface area (Å²) < 4.78 is 0. The van der Waals surface area contributed by atoms with Crippen molar-refractivity contribution in [2.45, 2.75) is 13.3 Å². The van der Waals surface area contributed by atoms with Gasteiger partial charge in [-0.1, -0.05) is 54.1 Å². The molecule has 0 aliphatic heterocycles. The van der Waals surface area contributed by atoms with E-state index >= 15 is 0 Å². The van der Waals surface area contributed by atoms with Crippen molar-refractivity contribution >= 4 is 35.1 Å². The van der Waals surface area contributed by atoms with Gasteiger partial charge in [0.2, 0.25) is 5.91 Å². The van der Waals surface area contributed by atoms with Crippen molar-refractivity contribution in [2.24, 2.45) is 5.10 Å². The van der Waals surface area contributed by atoms with Crippen molar-refractivity contribution in [1.82, 2.24) is 10.4 Å². The quantitative estimate of drug-likeness (QED) is 0.533. The lowest BCUT2D eigenvalue weighted by molar-refractivity contribution is -0.120. The van der Waals surface area contributed by atoms with Gasteiger partial charge in [0, 0.05) is 21.5 Å². The zero-order chi connectivity index (χ0) is 17.6. The molecule has 0 unspecified atom stereocenters. The number of hydrogen-bond donors (Lipinski definition) is 1. The molecule has 0 saturated heterocycles. The second kappa shape index (κ2) is 8.05. The molecule has 0 aliphatic rings. The molecular weight excluding hydrogens is 354 g/mol. The summed E-state index contributed by atoms with van der Waals surface area (Å²) in [5, 5.41) is 7.39. The predicted molar refractivity (Wildman–Crippen MR) is 103 cm³/mol. The number of benzene rings is 2. The van der Waals surface area contributed by atoms with Crippen LogP contribution in [-0.2, 0) is 11.2 Å². The summed E-state index contributed by atoms with van der Waals surface area (Å²) in [6.45, 7) is 1.94. The summed E-state index contributed by atoms with van der Waals surface area (Å²) >= 11 is 7.65. The van der Waals surface area contributed by atoms with E-state index in [1.54, 1.807) is 12.3 Å². The number of rotatable bonds is 5. The van der Waals surface area contributed by atoms with Crippen molar-refractivity contribution in [1.29, 1.82) is 0 Å². The van der Waals surface area contributed by atoms with E-state index in [1.807, 2.05) is 54.8 Å². The minimum Gasteiger partial charge on any atom is -0.273 e. The molecular formula is C19H16ClN3OS. The molecule has 1 amide bonds. The highest BCUT2D eigenvalue weighted by Gasteiger charge is 2.08. The second-order valence-corrected chi connectivity index (χ2v) is 6.72. The normalized spacial score (nSPS) is 11.0. The third-order valence-corrected chi connectivity index (χ3v) is 4.84. The lowest BCUT2D eigenvalue weighted by atomic mass is 10.1. The summed E-state index contributed by atoms with van der Waals surface area (Å²) in [4.78, 5) is 16.5. The van der Waals surface area contributed by atoms with Crippen molar-refractivity contribution < 1.29 is 4.79 Å². The van der Waals surface area contributed by atoms with E-state index in [-0.39, 0.29) is 12.3 Å². The molecule has 0 aliphatic carbocycles. The number of hydrogen-bond acceptors (Lipinski definition) is 4. The number of hydrazone groups is 1. The van der Waals surface area contributed by atoms with Crippen molar-refractivity contribution in [3.05, 3.63) is 75.8 Å². The maximum absolute atomic E-state index is 12.0. The molecule has 0 spiro atoms. The first-order chi connectivity index (χ1) is 12.1. The van der Waals surface area contributed by atoms with Gasteiger partial charge in [0.1, 0.15) is 5.01 Å². The Bertz CT molecular complexity index is 886. The van der Waals surface area contributed by atoms with Crippen LogP contribution in [0.25, 0.3) is 10.6 Å². The molecule has 0 atom stereocenters. The summed E-state index contributed by atoms with van der Waals surface area (Å²) in [6.07, 6.45) is 1.74. The predicted octanol–water partition coefficient (Wildman–Crippen LogP) is 4.46. The van der Waals surface area contributed by atoms with Crippen molar-refractivity contribution in [2.75, 3.05) is 0 Å². The highest BCUT2D eigenvalue weighted by Crippen LogP contribution is 2.23. The Morgan fingerprint density at radius 2 is 2.04 bits per heavy atom. The van der Waals surface area contributed by atoms with Crippen molar-refractivity contribution in [3.63, 3.8) is 0 Å². The number of carbonyl (C=O) groups excluding carboxylic acids is 1. The Balaban J connectivity index is 1.60. The van der Waals surface area contributed by atoms with E-state index in [0.717, 1.165) is 27.4 Å². The first-order valence-corrected chi connectivity index (χ1v) is 8.96. The molecule has 1 aromatic heterocycles. The van der Waals surface area contributed by atoms with Crippen LogP contribution >= 0.6 is 22.9 Å².